The molecule has 1 aromatic rings. The molecule has 0 aromatic heterocycles. The lowest BCUT2D eigenvalue weighted by Crippen LogP contribution is -2.03. The van der Waals surface area contributed by atoms with E-state index in [1.54, 1.807) is 0 Å². The monoisotopic (exact) mass is 243 g/mol. The average Bonchev–Trinajstić information content (AvgIpc) is 2.72. The summed E-state index contributed by atoms with van der Waals surface area (Å²) in [4.78, 5) is 4.14. The predicted octanol–water partition coefficient (Wildman–Crippen LogP) is 3.37. The van der Waals surface area contributed by atoms with Gasteiger partial charge in [-0.25, -0.2) is 18.2 Å². The molecule has 0 amide bonds. The Morgan fingerprint density at radius 3 is 2.65 bits per heavy atom. The lowest BCUT2D eigenvalue weighted by Gasteiger charge is -2.07. The molecule has 0 saturated carbocycles. The van der Waals surface area contributed by atoms with Crippen LogP contribution in [0.3, 0.4) is 0 Å². The first-order chi connectivity index (χ1) is 8.11. The van der Waals surface area contributed by atoms with Crippen molar-refractivity contribution in [2.45, 2.75) is 25.8 Å². The minimum atomic E-state index is -1.19. The summed E-state index contributed by atoms with van der Waals surface area (Å²) in [5.41, 5.74) is 0.0370. The first kappa shape index (κ1) is 12.0. The summed E-state index contributed by atoms with van der Waals surface area (Å²) in [6.07, 6.45) is 1.54. The van der Waals surface area contributed by atoms with Crippen LogP contribution in [0.25, 0.3) is 0 Å². The lowest BCUT2D eigenvalue weighted by molar-refractivity contribution is 0.308. The molecule has 0 aliphatic carbocycles. The van der Waals surface area contributed by atoms with E-state index in [0.29, 0.717) is 18.4 Å². The van der Waals surface area contributed by atoms with Crippen molar-refractivity contribution in [3.05, 3.63) is 35.1 Å². The van der Waals surface area contributed by atoms with Gasteiger partial charge in [-0.15, -0.1) is 0 Å². The molecular formula is C12H12F3NO. The Kier molecular flexibility index (Phi) is 3.36. The molecule has 0 fully saturated rings. The molecule has 0 radical (unpaired) electrons. The molecule has 2 nitrogen and oxygen atoms in total. The van der Waals surface area contributed by atoms with E-state index in [0.717, 1.165) is 12.5 Å². The number of hydrogen-bond donors (Lipinski definition) is 0. The number of nitrogens with zero attached hydrogens (tertiary/aromatic N) is 1. The van der Waals surface area contributed by atoms with Crippen molar-refractivity contribution >= 4 is 5.90 Å². The minimum Gasteiger partial charge on any atom is -0.478 e. The highest BCUT2D eigenvalue weighted by Crippen LogP contribution is 2.27. The molecule has 1 unspecified atom stereocenters. The van der Waals surface area contributed by atoms with Gasteiger partial charge in [-0.2, -0.15) is 0 Å². The molecule has 2 rings (SSSR count). The third-order valence-electron chi connectivity index (χ3n) is 2.57. The second-order valence-electron chi connectivity index (χ2n) is 3.89. The van der Waals surface area contributed by atoms with Crippen LogP contribution >= 0.6 is 0 Å². The highest BCUT2D eigenvalue weighted by Gasteiger charge is 2.24. The lowest BCUT2D eigenvalue weighted by atomic mass is 10.1. The largest absolute Gasteiger partial charge is 0.478 e. The summed E-state index contributed by atoms with van der Waals surface area (Å²) in [5, 5.41) is 0. The number of hydrogen-bond acceptors (Lipinski definition) is 2. The van der Waals surface area contributed by atoms with E-state index in [1.165, 1.54) is 0 Å². The van der Waals surface area contributed by atoms with Gasteiger partial charge in [0.2, 0.25) is 0 Å². The molecule has 1 aromatic carbocycles. The summed E-state index contributed by atoms with van der Waals surface area (Å²) in [6, 6.07) is 0.807. The fourth-order valence-corrected chi connectivity index (χ4v) is 1.73. The average molecular weight is 243 g/mol. The predicted molar refractivity (Wildman–Crippen MR) is 57.4 cm³/mol. The van der Waals surface area contributed by atoms with Crippen LogP contribution in [-0.4, -0.2) is 12.5 Å². The van der Waals surface area contributed by atoms with Crippen molar-refractivity contribution < 1.29 is 17.9 Å². The maximum absolute atomic E-state index is 13.5. The molecule has 1 atom stereocenters. The van der Waals surface area contributed by atoms with Crippen molar-refractivity contribution in [1.82, 2.24) is 0 Å². The van der Waals surface area contributed by atoms with E-state index >= 15 is 0 Å². The van der Waals surface area contributed by atoms with Gasteiger partial charge >= 0.3 is 0 Å². The smallest absolute Gasteiger partial charge is 0.183 e. The SMILES string of the molecule is CCCC1=NC(c2cc(F)c(F)cc2F)CO1. The van der Waals surface area contributed by atoms with E-state index in [1.807, 2.05) is 6.92 Å². The van der Waals surface area contributed by atoms with Gasteiger partial charge in [-0.3, -0.25) is 0 Å². The fraction of sp³-hybridized carbons (Fsp3) is 0.417. The summed E-state index contributed by atoms with van der Waals surface area (Å²) in [6.45, 7) is 2.15. The zero-order valence-corrected chi connectivity index (χ0v) is 9.34. The third kappa shape index (κ3) is 2.43. The van der Waals surface area contributed by atoms with E-state index in [2.05, 4.69) is 4.99 Å². The van der Waals surface area contributed by atoms with Crippen molar-refractivity contribution in [3.8, 4) is 0 Å². The number of benzene rings is 1. The molecule has 0 N–H and O–H groups in total. The number of halogens is 3. The van der Waals surface area contributed by atoms with Crippen LogP contribution in [0, 0.1) is 17.5 Å². The van der Waals surface area contributed by atoms with Gasteiger partial charge in [0.05, 0.1) is 0 Å². The zero-order chi connectivity index (χ0) is 12.4. The third-order valence-corrected chi connectivity index (χ3v) is 2.57. The van der Waals surface area contributed by atoms with Gasteiger partial charge in [-0.05, 0) is 12.5 Å². The maximum atomic E-state index is 13.5. The van der Waals surface area contributed by atoms with Gasteiger partial charge in [0.15, 0.2) is 17.5 Å². The topological polar surface area (TPSA) is 21.6 Å². The highest BCUT2D eigenvalue weighted by molar-refractivity contribution is 5.77. The van der Waals surface area contributed by atoms with E-state index in [4.69, 9.17) is 4.74 Å². The van der Waals surface area contributed by atoms with Crippen molar-refractivity contribution in [2.24, 2.45) is 4.99 Å². The Hall–Kier alpha value is -1.52. The van der Waals surface area contributed by atoms with Crippen LogP contribution in [0.5, 0.6) is 0 Å². The molecule has 92 valence electrons. The summed E-state index contributed by atoms with van der Waals surface area (Å²) in [5.74, 6) is -2.51. The standard InChI is InChI=1S/C12H12F3NO/c1-2-3-12-16-11(6-17-12)7-4-9(14)10(15)5-8(7)13/h4-5,11H,2-3,6H2,1H3. The number of aliphatic imine (C=N–C) groups is 1. The maximum Gasteiger partial charge on any atom is 0.183 e. The summed E-state index contributed by atoms with van der Waals surface area (Å²) >= 11 is 0. The van der Waals surface area contributed by atoms with Crippen molar-refractivity contribution in [3.63, 3.8) is 0 Å². The molecule has 0 spiro atoms. The number of rotatable bonds is 3. The minimum absolute atomic E-state index is 0.0370. The Morgan fingerprint density at radius 1 is 1.24 bits per heavy atom. The van der Waals surface area contributed by atoms with Crippen LogP contribution < -0.4 is 0 Å². The summed E-state index contributed by atoms with van der Waals surface area (Å²) in [7, 11) is 0. The molecular weight excluding hydrogens is 231 g/mol. The summed E-state index contributed by atoms with van der Waals surface area (Å²) < 4.78 is 44.5. The van der Waals surface area contributed by atoms with Gasteiger partial charge in [-0.1, -0.05) is 6.92 Å². The van der Waals surface area contributed by atoms with Crippen LogP contribution in [0.1, 0.15) is 31.4 Å². The first-order valence-electron chi connectivity index (χ1n) is 5.45. The van der Waals surface area contributed by atoms with E-state index in [9.17, 15) is 13.2 Å². The van der Waals surface area contributed by atoms with E-state index in [-0.39, 0.29) is 12.2 Å². The molecule has 1 heterocycles. The van der Waals surface area contributed by atoms with Crippen LogP contribution in [0.15, 0.2) is 17.1 Å². The molecule has 1 aliphatic heterocycles. The van der Waals surface area contributed by atoms with Gasteiger partial charge in [0.25, 0.3) is 0 Å². The van der Waals surface area contributed by atoms with Crippen LogP contribution in [0.4, 0.5) is 13.2 Å². The highest BCUT2D eigenvalue weighted by atomic mass is 19.2. The van der Waals surface area contributed by atoms with Crippen LogP contribution in [0.2, 0.25) is 0 Å². The Labute approximate surface area is 97.1 Å². The van der Waals surface area contributed by atoms with Crippen molar-refractivity contribution in [1.29, 1.82) is 0 Å². The number of ether oxygens (including phenoxy) is 1. The molecule has 0 bridgehead atoms. The van der Waals surface area contributed by atoms with Crippen LogP contribution in [-0.2, 0) is 4.74 Å². The fourth-order valence-electron chi connectivity index (χ4n) is 1.73. The van der Waals surface area contributed by atoms with Gasteiger partial charge in [0, 0.05) is 18.1 Å². The van der Waals surface area contributed by atoms with Crippen molar-refractivity contribution in [2.75, 3.05) is 6.61 Å². The quantitative estimate of drug-likeness (QED) is 0.746. The second kappa shape index (κ2) is 4.77. The molecule has 5 heteroatoms. The van der Waals surface area contributed by atoms with Gasteiger partial charge < -0.3 is 4.74 Å². The molecule has 17 heavy (non-hydrogen) atoms. The zero-order valence-electron chi connectivity index (χ0n) is 9.34. The van der Waals surface area contributed by atoms with Gasteiger partial charge in [0.1, 0.15) is 18.5 Å². The normalized spacial score (nSPS) is 19.1. The Bertz CT molecular complexity index is 459. The molecule has 0 saturated heterocycles. The second-order valence-corrected chi connectivity index (χ2v) is 3.89. The Balaban J connectivity index is 2.27. The first-order valence-corrected chi connectivity index (χ1v) is 5.45. The Morgan fingerprint density at radius 2 is 1.94 bits per heavy atom. The molecule has 1 aliphatic rings. The van der Waals surface area contributed by atoms with E-state index < -0.39 is 23.5 Å².